The highest BCUT2D eigenvalue weighted by Crippen LogP contribution is 2.31. The third-order valence-corrected chi connectivity index (χ3v) is 6.76. The van der Waals surface area contributed by atoms with Crippen LogP contribution in [-0.4, -0.2) is 55.6 Å². The van der Waals surface area contributed by atoms with Crippen molar-refractivity contribution in [2.75, 3.05) is 23.3 Å². The Kier molecular flexibility index (Phi) is 6.49. The van der Waals surface area contributed by atoms with E-state index in [9.17, 15) is 4.79 Å². The molecule has 1 aliphatic heterocycles. The van der Waals surface area contributed by atoms with Gasteiger partial charge in [-0.25, -0.2) is 9.50 Å². The number of ether oxygens (including phenoxy) is 1. The quantitative estimate of drug-likeness (QED) is 0.324. The molecule has 39 heavy (non-hydrogen) atoms. The lowest BCUT2D eigenvalue weighted by molar-refractivity contribution is 0.102. The lowest BCUT2D eigenvalue weighted by atomic mass is 10.1. The van der Waals surface area contributed by atoms with Gasteiger partial charge < -0.3 is 20.3 Å². The molecule has 11 heteroatoms. The zero-order chi connectivity index (χ0) is 27.1. The normalized spacial score (nSPS) is 17.5. The first-order valence-corrected chi connectivity index (χ1v) is 13.1. The van der Waals surface area contributed by atoms with Crippen molar-refractivity contribution in [3.05, 3.63) is 77.3 Å². The molecular formula is C28H27ClN8O2. The number of fused-ring (bicyclic) bond motifs is 2. The lowest BCUT2D eigenvalue weighted by Gasteiger charge is -2.38. The standard InChI is InChI=1S/C28H27ClN8O2/c1-16-13-36(14-17(2)32-16)22-8-7-21(25-26(22)31-10-9-30-25)28(38)34-24-12-23(27-33-18(3)15-37(27)35-24)39-20-6-4-5-19(29)11-20/h4-12,15-17,32H,13-14H2,1-3H3,(H,34,35,38)/t16-,17+. The molecule has 1 aliphatic rings. The van der Waals surface area contributed by atoms with Crippen LogP contribution in [0.15, 0.2) is 61.1 Å². The zero-order valence-corrected chi connectivity index (χ0v) is 22.5. The molecule has 1 saturated heterocycles. The Balaban J connectivity index is 1.34. The van der Waals surface area contributed by atoms with Crippen LogP contribution in [0.4, 0.5) is 11.5 Å². The van der Waals surface area contributed by atoms with Crippen LogP contribution >= 0.6 is 11.6 Å². The number of carbonyl (C=O) groups is 1. The smallest absolute Gasteiger partial charge is 0.259 e. The predicted molar refractivity (Wildman–Crippen MR) is 151 cm³/mol. The van der Waals surface area contributed by atoms with Gasteiger partial charge in [0.15, 0.2) is 17.2 Å². The third kappa shape index (κ3) is 5.08. The second kappa shape index (κ2) is 10.1. The summed E-state index contributed by atoms with van der Waals surface area (Å²) < 4.78 is 7.67. The first-order chi connectivity index (χ1) is 18.8. The summed E-state index contributed by atoms with van der Waals surface area (Å²) >= 11 is 6.14. The average molecular weight is 543 g/mol. The molecule has 2 atom stereocenters. The van der Waals surface area contributed by atoms with Gasteiger partial charge in [0.1, 0.15) is 16.8 Å². The largest absolute Gasteiger partial charge is 0.453 e. The average Bonchev–Trinajstić information content (AvgIpc) is 3.28. The van der Waals surface area contributed by atoms with E-state index in [2.05, 4.69) is 49.4 Å². The molecule has 2 N–H and O–H groups in total. The molecular weight excluding hydrogens is 516 g/mol. The number of benzene rings is 2. The minimum absolute atomic E-state index is 0.299. The maximum atomic E-state index is 13.5. The van der Waals surface area contributed by atoms with Crippen LogP contribution in [0, 0.1) is 6.92 Å². The highest BCUT2D eigenvalue weighted by molar-refractivity contribution is 6.30. The van der Waals surface area contributed by atoms with E-state index in [4.69, 9.17) is 16.3 Å². The van der Waals surface area contributed by atoms with E-state index in [0.29, 0.717) is 56.7 Å². The summed E-state index contributed by atoms with van der Waals surface area (Å²) in [6.07, 6.45) is 5.02. The summed E-state index contributed by atoms with van der Waals surface area (Å²) in [6.45, 7) is 7.86. The first kappa shape index (κ1) is 25.0. The van der Waals surface area contributed by atoms with Crippen molar-refractivity contribution < 1.29 is 9.53 Å². The Morgan fingerprint density at radius 3 is 2.62 bits per heavy atom. The molecule has 0 aliphatic carbocycles. The number of nitrogens with one attached hydrogen (secondary N) is 2. The van der Waals surface area contributed by atoms with Gasteiger partial charge in [-0.2, -0.15) is 0 Å². The van der Waals surface area contributed by atoms with Crippen LogP contribution in [0.25, 0.3) is 16.7 Å². The number of anilines is 2. The molecule has 4 heterocycles. The fraction of sp³-hybridized carbons (Fsp3) is 0.250. The first-order valence-electron chi connectivity index (χ1n) is 12.7. The number of nitrogens with zero attached hydrogens (tertiary/aromatic N) is 6. The van der Waals surface area contributed by atoms with Crippen LogP contribution in [0.2, 0.25) is 5.02 Å². The Morgan fingerprint density at radius 2 is 1.85 bits per heavy atom. The molecule has 2 aromatic carbocycles. The summed E-state index contributed by atoms with van der Waals surface area (Å²) in [6, 6.07) is 13.1. The van der Waals surface area contributed by atoms with Gasteiger partial charge in [-0.3, -0.25) is 14.8 Å². The second-order valence-electron chi connectivity index (χ2n) is 9.82. The van der Waals surface area contributed by atoms with Crippen molar-refractivity contribution in [2.24, 2.45) is 0 Å². The number of aryl methyl sites for hydroxylation is 1. The molecule has 0 unspecified atom stereocenters. The van der Waals surface area contributed by atoms with Crippen LogP contribution in [0.5, 0.6) is 11.5 Å². The Labute approximate surface area is 230 Å². The number of hydrogen-bond donors (Lipinski definition) is 2. The van der Waals surface area contributed by atoms with Crippen molar-refractivity contribution in [1.29, 1.82) is 0 Å². The van der Waals surface area contributed by atoms with Crippen LogP contribution in [-0.2, 0) is 0 Å². The molecule has 1 fully saturated rings. The fourth-order valence-corrected chi connectivity index (χ4v) is 5.23. The van der Waals surface area contributed by atoms with Gasteiger partial charge in [0.2, 0.25) is 0 Å². The van der Waals surface area contributed by atoms with Crippen molar-refractivity contribution in [1.82, 2.24) is 29.9 Å². The summed E-state index contributed by atoms with van der Waals surface area (Å²) in [7, 11) is 0. The molecule has 10 nitrogen and oxygen atoms in total. The number of carbonyl (C=O) groups excluding carboxylic acids is 1. The monoisotopic (exact) mass is 542 g/mol. The Hall–Kier alpha value is -4.28. The van der Waals surface area contributed by atoms with Crippen molar-refractivity contribution in [3.8, 4) is 11.5 Å². The molecule has 1 amide bonds. The lowest BCUT2D eigenvalue weighted by Crippen LogP contribution is -2.54. The van der Waals surface area contributed by atoms with Gasteiger partial charge in [0.25, 0.3) is 5.91 Å². The van der Waals surface area contributed by atoms with E-state index in [1.807, 2.05) is 13.0 Å². The topological polar surface area (TPSA) is 110 Å². The molecule has 0 bridgehead atoms. The van der Waals surface area contributed by atoms with Crippen molar-refractivity contribution in [2.45, 2.75) is 32.9 Å². The highest BCUT2D eigenvalue weighted by Gasteiger charge is 2.25. The number of aromatic nitrogens is 5. The SMILES string of the molecule is Cc1cn2nc(NC(=O)c3ccc(N4C[C@@H](C)N[C@@H](C)C4)c4nccnc34)cc(Oc3cccc(Cl)c3)c2n1. The minimum atomic E-state index is -0.355. The number of hydrogen-bond acceptors (Lipinski definition) is 8. The molecule has 0 spiro atoms. The maximum absolute atomic E-state index is 13.5. The van der Waals surface area contributed by atoms with Crippen molar-refractivity contribution >= 4 is 45.7 Å². The summed E-state index contributed by atoms with van der Waals surface area (Å²) in [5, 5.41) is 11.5. The van der Waals surface area contributed by atoms with Gasteiger partial charge in [-0.05, 0) is 51.1 Å². The van der Waals surface area contributed by atoms with Crippen LogP contribution in [0.3, 0.4) is 0 Å². The van der Waals surface area contributed by atoms with E-state index >= 15 is 0 Å². The number of rotatable bonds is 5. The fourth-order valence-electron chi connectivity index (χ4n) is 5.05. The van der Waals surface area contributed by atoms with E-state index in [1.165, 1.54) is 0 Å². The summed E-state index contributed by atoms with van der Waals surface area (Å²) in [5.74, 6) is 0.916. The van der Waals surface area contributed by atoms with Gasteiger partial charge >= 0.3 is 0 Å². The third-order valence-electron chi connectivity index (χ3n) is 6.52. The molecule has 0 saturated carbocycles. The van der Waals surface area contributed by atoms with Gasteiger partial charge in [0, 0.05) is 48.7 Å². The highest BCUT2D eigenvalue weighted by atomic mass is 35.5. The van der Waals surface area contributed by atoms with Crippen LogP contribution < -0.4 is 20.3 Å². The van der Waals surface area contributed by atoms with E-state index < -0.39 is 0 Å². The summed E-state index contributed by atoms with van der Waals surface area (Å²) in [5.41, 5.74) is 3.85. The van der Waals surface area contributed by atoms with Gasteiger partial charge in [0.05, 0.1) is 23.1 Å². The molecule has 0 radical (unpaired) electrons. The molecule has 5 aromatic rings. The van der Waals surface area contributed by atoms with Crippen molar-refractivity contribution in [3.63, 3.8) is 0 Å². The number of imidazole rings is 1. The number of piperazine rings is 1. The molecule has 198 valence electrons. The Morgan fingerprint density at radius 1 is 1.08 bits per heavy atom. The van der Waals surface area contributed by atoms with E-state index in [-0.39, 0.29) is 5.91 Å². The van der Waals surface area contributed by atoms with Crippen LogP contribution in [0.1, 0.15) is 29.9 Å². The van der Waals surface area contributed by atoms with Gasteiger partial charge in [-0.1, -0.05) is 17.7 Å². The second-order valence-corrected chi connectivity index (χ2v) is 10.3. The Bertz CT molecular complexity index is 1690. The number of amides is 1. The summed E-state index contributed by atoms with van der Waals surface area (Å²) in [4.78, 5) is 29.5. The van der Waals surface area contributed by atoms with Gasteiger partial charge in [-0.15, -0.1) is 5.10 Å². The zero-order valence-electron chi connectivity index (χ0n) is 21.7. The minimum Gasteiger partial charge on any atom is -0.453 e. The molecule has 3 aromatic heterocycles. The molecule has 6 rings (SSSR count). The maximum Gasteiger partial charge on any atom is 0.259 e. The predicted octanol–water partition coefficient (Wildman–Crippen LogP) is 4.87. The number of halogens is 1. The van der Waals surface area contributed by atoms with E-state index in [1.54, 1.807) is 59.5 Å². The van der Waals surface area contributed by atoms with E-state index in [0.717, 1.165) is 24.5 Å².